The molecule has 28 heavy (non-hydrogen) atoms. The Hall–Kier alpha value is -1.26. The summed E-state index contributed by atoms with van der Waals surface area (Å²) in [5.41, 5.74) is 1.16. The predicted octanol–water partition coefficient (Wildman–Crippen LogP) is 1.97. The van der Waals surface area contributed by atoms with Crippen molar-refractivity contribution in [3.63, 3.8) is 0 Å². The Kier molecular flexibility index (Phi) is 11.6. The van der Waals surface area contributed by atoms with E-state index in [2.05, 4.69) is 45.0 Å². The van der Waals surface area contributed by atoms with Crippen molar-refractivity contribution in [2.75, 3.05) is 74.1 Å². The summed E-state index contributed by atoms with van der Waals surface area (Å²) in [5.74, 6) is 2.78. The Morgan fingerprint density at radius 2 is 1.89 bits per heavy atom. The summed E-state index contributed by atoms with van der Waals surface area (Å²) >= 11 is 0. The monoisotopic (exact) mass is 505 g/mol. The van der Waals surface area contributed by atoms with Gasteiger partial charge < -0.3 is 24.6 Å². The van der Waals surface area contributed by atoms with E-state index in [1.54, 1.807) is 14.2 Å². The lowest BCUT2D eigenvalue weighted by Crippen LogP contribution is -2.52. The number of piperazine rings is 1. The fraction of sp³-hybridized carbons (Fsp3) is 0.650. The maximum atomic E-state index is 5.51. The number of rotatable bonds is 8. The van der Waals surface area contributed by atoms with Crippen molar-refractivity contribution < 1.29 is 9.47 Å². The zero-order valence-electron chi connectivity index (χ0n) is 17.9. The number of likely N-dealkylation sites (N-methyl/N-ethyl adjacent to an activating group) is 1. The van der Waals surface area contributed by atoms with Crippen LogP contribution in [0.25, 0.3) is 0 Å². The number of ether oxygens (including phenoxy) is 2. The molecule has 1 aliphatic rings. The van der Waals surface area contributed by atoms with Gasteiger partial charge in [0.2, 0.25) is 0 Å². The number of nitrogens with zero attached hydrogens (tertiary/aromatic N) is 4. The maximum absolute atomic E-state index is 5.51. The fourth-order valence-electron chi connectivity index (χ4n) is 3.21. The van der Waals surface area contributed by atoms with Crippen LogP contribution in [0.5, 0.6) is 11.5 Å². The van der Waals surface area contributed by atoms with Crippen molar-refractivity contribution in [2.24, 2.45) is 4.99 Å². The highest BCUT2D eigenvalue weighted by molar-refractivity contribution is 14.0. The molecule has 1 heterocycles. The number of aliphatic imine (C=N–C) groups is 1. The summed E-state index contributed by atoms with van der Waals surface area (Å²) in [5, 5.41) is 3.48. The first kappa shape index (κ1) is 24.8. The molecule has 1 N–H and O–H groups in total. The molecule has 0 radical (unpaired) electrons. The van der Waals surface area contributed by atoms with E-state index in [1.165, 1.54) is 0 Å². The summed E-state index contributed by atoms with van der Waals surface area (Å²) in [6.45, 7) is 9.96. The first-order valence-electron chi connectivity index (χ1n) is 9.68. The highest BCUT2D eigenvalue weighted by Crippen LogP contribution is 2.25. The zero-order valence-corrected chi connectivity index (χ0v) is 20.2. The maximum Gasteiger partial charge on any atom is 0.193 e. The van der Waals surface area contributed by atoms with Crippen LogP contribution in [0.2, 0.25) is 0 Å². The Morgan fingerprint density at radius 1 is 1.18 bits per heavy atom. The van der Waals surface area contributed by atoms with E-state index >= 15 is 0 Å². The lowest BCUT2D eigenvalue weighted by molar-refractivity contribution is 0.170. The van der Waals surface area contributed by atoms with Crippen LogP contribution in [0.15, 0.2) is 23.2 Å². The molecule has 1 saturated heterocycles. The molecule has 7 nitrogen and oxygen atoms in total. The van der Waals surface area contributed by atoms with Crippen LogP contribution >= 0.6 is 24.0 Å². The van der Waals surface area contributed by atoms with Gasteiger partial charge in [-0.05, 0) is 31.8 Å². The first-order chi connectivity index (χ1) is 13.1. The Balaban J connectivity index is 0.00000392. The number of hydrogen-bond acceptors (Lipinski definition) is 5. The van der Waals surface area contributed by atoms with Crippen molar-refractivity contribution in [2.45, 2.75) is 13.5 Å². The lowest BCUT2D eigenvalue weighted by atomic mass is 10.1. The molecule has 0 aromatic heterocycles. The van der Waals surface area contributed by atoms with Crippen LogP contribution in [0.1, 0.15) is 12.5 Å². The third-order valence-corrected chi connectivity index (χ3v) is 5.08. The summed E-state index contributed by atoms with van der Waals surface area (Å²) in [6, 6.07) is 5.98. The van der Waals surface area contributed by atoms with Gasteiger partial charge in [-0.15, -0.1) is 24.0 Å². The Morgan fingerprint density at radius 3 is 2.46 bits per heavy atom. The number of halogens is 1. The van der Waals surface area contributed by atoms with Gasteiger partial charge in [0.1, 0.15) is 11.5 Å². The average molecular weight is 505 g/mol. The second-order valence-corrected chi connectivity index (χ2v) is 6.81. The molecule has 160 valence electrons. The predicted molar refractivity (Wildman–Crippen MR) is 126 cm³/mol. The number of nitrogens with one attached hydrogen (secondary N) is 1. The summed E-state index contributed by atoms with van der Waals surface area (Å²) in [6.07, 6.45) is 0. The minimum atomic E-state index is 0. The smallest absolute Gasteiger partial charge is 0.193 e. The number of hydrogen-bond donors (Lipinski definition) is 1. The number of benzene rings is 1. The Labute approximate surface area is 187 Å². The van der Waals surface area contributed by atoms with Gasteiger partial charge in [0.25, 0.3) is 0 Å². The second-order valence-electron chi connectivity index (χ2n) is 6.81. The third-order valence-electron chi connectivity index (χ3n) is 5.08. The van der Waals surface area contributed by atoms with Crippen LogP contribution in [-0.4, -0.2) is 94.8 Å². The highest BCUT2D eigenvalue weighted by Gasteiger charge is 2.20. The highest BCUT2D eigenvalue weighted by atomic mass is 127. The van der Waals surface area contributed by atoms with E-state index in [1.807, 2.05) is 19.2 Å². The fourth-order valence-corrected chi connectivity index (χ4v) is 3.21. The van der Waals surface area contributed by atoms with E-state index in [9.17, 15) is 0 Å². The molecule has 8 heteroatoms. The summed E-state index contributed by atoms with van der Waals surface area (Å²) in [7, 11) is 7.41. The quantitative estimate of drug-likeness (QED) is 0.332. The van der Waals surface area contributed by atoms with E-state index in [4.69, 9.17) is 9.47 Å². The largest absolute Gasteiger partial charge is 0.497 e. The lowest BCUT2D eigenvalue weighted by Gasteiger charge is -2.36. The van der Waals surface area contributed by atoms with Gasteiger partial charge in [-0.25, -0.2) is 0 Å². The number of methoxy groups -OCH3 is 2. The first-order valence-corrected chi connectivity index (χ1v) is 9.68. The molecule has 1 fully saturated rings. The Bertz CT molecular complexity index is 606. The molecule has 2 rings (SSSR count). The van der Waals surface area contributed by atoms with Crippen molar-refractivity contribution in [3.05, 3.63) is 23.8 Å². The minimum absolute atomic E-state index is 0. The van der Waals surface area contributed by atoms with Gasteiger partial charge in [-0.1, -0.05) is 6.92 Å². The van der Waals surface area contributed by atoms with Gasteiger partial charge in [-0.2, -0.15) is 0 Å². The van der Waals surface area contributed by atoms with E-state index in [0.717, 1.165) is 75.4 Å². The van der Waals surface area contributed by atoms with E-state index in [-0.39, 0.29) is 24.0 Å². The standard InChI is InChI=1S/C20H35N5O2.HI/c1-6-23(3)10-9-22-20(21-2)25-13-11-24(12-14-25)16-17-15-18(26-4)7-8-19(17)27-5;/h7-8,15H,6,9-14,16H2,1-5H3,(H,21,22);1H. The molecular formula is C20H36IN5O2. The third kappa shape index (κ3) is 7.29. The minimum Gasteiger partial charge on any atom is -0.497 e. The van der Waals surface area contributed by atoms with Crippen LogP contribution in [0.3, 0.4) is 0 Å². The molecule has 1 aliphatic heterocycles. The van der Waals surface area contributed by atoms with E-state index < -0.39 is 0 Å². The van der Waals surface area contributed by atoms with Gasteiger partial charge in [-0.3, -0.25) is 9.89 Å². The van der Waals surface area contributed by atoms with Crippen LogP contribution in [0.4, 0.5) is 0 Å². The molecule has 1 aromatic carbocycles. The van der Waals surface area contributed by atoms with Crippen molar-refractivity contribution in [3.8, 4) is 11.5 Å². The van der Waals surface area contributed by atoms with Crippen molar-refractivity contribution >= 4 is 29.9 Å². The zero-order chi connectivity index (χ0) is 19.6. The molecule has 0 amide bonds. The summed E-state index contributed by atoms with van der Waals surface area (Å²) < 4.78 is 10.9. The van der Waals surface area contributed by atoms with Crippen molar-refractivity contribution in [1.82, 2.24) is 20.0 Å². The molecular weight excluding hydrogens is 469 g/mol. The van der Waals surface area contributed by atoms with Gasteiger partial charge in [0.05, 0.1) is 14.2 Å². The van der Waals surface area contributed by atoms with Gasteiger partial charge >= 0.3 is 0 Å². The summed E-state index contributed by atoms with van der Waals surface area (Å²) in [4.78, 5) is 11.5. The van der Waals surface area contributed by atoms with Crippen LogP contribution < -0.4 is 14.8 Å². The molecule has 1 aromatic rings. The van der Waals surface area contributed by atoms with Crippen LogP contribution in [0, 0.1) is 0 Å². The normalized spacial score (nSPS) is 15.4. The molecule has 0 spiro atoms. The molecule has 0 saturated carbocycles. The average Bonchev–Trinajstić information content (AvgIpc) is 2.71. The molecule has 0 atom stereocenters. The van der Waals surface area contributed by atoms with Gasteiger partial charge in [0.15, 0.2) is 5.96 Å². The molecule has 0 aliphatic carbocycles. The number of guanidine groups is 1. The van der Waals surface area contributed by atoms with Crippen LogP contribution in [-0.2, 0) is 6.54 Å². The second kappa shape index (κ2) is 13.1. The SMILES string of the molecule is CCN(C)CCNC(=NC)N1CCN(Cc2cc(OC)ccc2OC)CC1.I. The topological polar surface area (TPSA) is 52.6 Å². The molecule has 0 unspecified atom stereocenters. The van der Waals surface area contributed by atoms with Crippen molar-refractivity contribution in [1.29, 1.82) is 0 Å². The van der Waals surface area contributed by atoms with Gasteiger partial charge in [0, 0.05) is 58.4 Å². The van der Waals surface area contributed by atoms with E-state index in [0.29, 0.717) is 0 Å². The molecule has 0 bridgehead atoms.